The molecule has 2 heterocycles. The summed E-state index contributed by atoms with van der Waals surface area (Å²) in [7, 11) is 0. The lowest BCUT2D eigenvalue weighted by molar-refractivity contribution is 0.0205. The fourth-order valence-electron chi connectivity index (χ4n) is 3.52. The van der Waals surface area contributed by atoms with Crippen molar-refractivity contribution in [1.29, 1.82) is 0 Å². The number of ether oxygens (including phenoxy) is 2. The summed E-state index contributed by atoms with van der Waals surface area (Å²) < 4.78 is 11.2. The average Bonchev–Trinajstić information content (AvgIpc) is 3.14. The highest BCUT2D eigenvalue weighted by atomic mass is 16.5. The van der Waals surface area contributed by atoms with E-state index >= 15 is 0 Å². The molecule has 154 valence electrons. The number of para-hydroxylation sites is 1. The first-order chi connectivity index (χ1) is 13.9. The topological polar surface area (TPSA) is 70.7 Å². The van der Waals surface area contributed by atoms with Gasteiger partial charge in [0.2, 0.25) is 0 Å². The molecule has 28 heavy (non-hydrogen) atoms. The van der Waals surface area contributed by atoms with Crippen molar-refractivity contribution in [3.05, 3.63) is 36.0 Å². The minimum absolute atomic E-state index is 0.667. The van der Waals surface area contributed by atoms with Crippen LogP contribution < -0.4 is 10.6 Å². The van der Waals surface area contributed by atoms with E-state index in [9.17, 15) is 0 Å². The molecule has 1 aromatic heterocycles. The molecule has 6 nitrogen and oxygen atoms in total. The van der Waals surface area contributed by atoms with E-state index in [0.29, 0.717) is 5.92 Å². The van der Waals surface area contributed by atoms with Gasteiger partial charge in [0.05, 0.1) is 0 Å². The number of H-pyrrole nitrogens is 1. The smallest absolute Gasteiger partial charge is 0.191 e. The Labute approximate surface area is 168 Å². The molecular weight excluding hydrogens is 352 g/mol. The first kappa shape index (κ1) is 20.7. The summed E-state index contributed by atoms with van der Waals surface area (Å²) in [6.45, 7) is 7.98. The molecule has 0 bridgehead atoms. The predicted molar refractivity (Wildman–Crippen MR) is 115 cm³/mol. The number of benzene rings is 1. The van der Waals surface area contributed by atoms with E-state index in [4.69, 9.17) is 9.47 Å². The molecular formula is C22H34N4O2. The highest BCUT2D eigenvalue weighted by Crippen LogP contribution is 2.17. The van der Waals surface area contributed by atoms with Crippen molar-refractivity contribution in [2.24, 2.45) is 10.9 Å². The summed E-state index contributed by atoms with van der Waals surface area (Å²) in [6.07, 6.45) is 6.27. The van der Waals surface area contributed by atoms with E-state index in [2.05, 4.69) is 58.0 Å². The van der Waals surface area contributed by atoms with Gasteiger partial charge in [-0.3, -0.25) is 4.99 Å². The summed E-state index contributed by atoms with van der Waals surface area (Å²) in [5.41, 5.74) is 2.53. The van der Waals surface area contributed by atoms with Gasteiger partial charge in [-0.05, 0) is 50.2 Å². The van der Waals surface area contributed by atoms with Crippen molar-refractivity contribution >= 4 is 16.9 Å². The van der Waals surface area contributed by atoms with Crippen LogP contribution in [0.3, 0.4) is 0 Å². The van der Waals surface area contributed by atoms with Crippen LogP contribution in [0, 0.1) is 5.92 Å². The van der Waals surface area contributed by atoms with Crippen molar-refractivity contribution in [3.63, 3.8) is 0 Å². The number of nitrogens with one attached hydrogen (secondary N) is 3. The van der Waals surface area contributed by atoms with Crippen LogP contribution in [0.2, 0.25) is 0 Å². The lowest BCUT2D eigenvalue weighted by Gasteiger charge is -2.21. The zero-order chi connectivity index (χ0) is 19.4. The molecule has 2 aromatic rings. The molecule has 0 aliphatic carbocycles. The SMILES string of the molecule is CCNC(=NCCCOCC1CCOCC1)NCCc1c[nH]c2ccccc12. The van der Waals surface area contributed by atoms with E-state index < -0.39 is 0 Å². The Morgan fingerprint density at radius 3 is 2.96 bits per heavy atom. The highest BCUT2D eigenvalue weighted by molar-refractivity contribution is 5.83. The van der Waals surface area contributed by atoms with Crippen molar-refractivity contribution in [1.82, 2.24) is 15.6 Å². The third kappa shape index (κ3) is 6.53. The van der Waals surface area contributed by atoms with Crippen LogP contribution in [0.5, 0.6) is 0 Å². The fraction of sp³-hybridized carbons (Fsp3) is 0.591. The number of fused-ring (bicyclic) bond motifs is 1. The second-order valence-electron chi connectivity index (χ2n) is 7.28. The maximum absolute atomic E-state index is 5.82. The zero-order valence-electron chi connectivity index (χ0n) is 17.0. The quantitative estimate of drug-likeness (QED) is 0.333. The van der Waals surface area contributed by atoms with Crippen molar-refractivity contribution in [2.45, 2.75) is 32.6 Å². The van der Waals surface area contributed by atoms with Crippen LogP contribution >= 0.6 is 0 Å². The molecule has 0 spiro atoms. The Hall–Kier alpha value is -2.05. The predicted octanol–water partition coefficient (Wildman–Crippen LogP) is 3.10. The monoisotopic (exact) mass is 386 g/mol. The Balaban J connectivity index is 1.34. The van der Waals surface area contributed by atoms with Gasteiger partial charge in [-0.25, -0.2) is 0 Å². The molecule has 1 aliphatic heterocycles. The third-order valence-corrected chi connectivity index (χ3v) is 5.12. The van der Waals surface area contributed by atoms with Crippen molar-refractivity contribution in [3.8, 4) is 0 Å². The molecule has 6 heteroatoms. The normalized spacial score (nSPS) is 15.8. The van der Waals surface area contributed by atoms with Crippen LogP contribution in [-0.4, -0.2) is 57.0 Å². The van der Waals surface area contributed by atoms with E-state index in [1.54, 1.807) is 0 Å². The average molecular weight is 387 g/mol. The third-order valence-electron chi connectivity index (χ3n) is 5.12. The summed E-state index contributed by atoms with van der Waals surface area (Å²) in [5, 5.41) is 8.05. The van der Waals surface area contributed by atoms with E-state index in [1.807, 2.05) is 0 Å². The number of aromatic nitrogens is 1. The largest absolute Gasteiger partial charge is 0.381 e. The van der Waals surface area contributed by atoms with Crippen LogP contribution in [0.25, 0.3) is 10.9 Å². The van der Waals surface area contributed by atoms with Gasteiger partial charge in [-0.2, -0.15) is 0 Å². The van der Waals surface area contributed by atoms with E-state index in [-0.39, 0.29) is 0 Å². The number of hydrogen-bond donors (Lipinski definition) is 3. The Morgan fingerprint density at radius 1 is 1.25 bits per heavy atom. The van der Waals surface area contributed by atoms with Gasteiger partial charge in [-0.15, -0.1) is 0 Å². The minimum Gasteiger partial charge on any atom is -0.381 e. The second-order valence-corrected chi connectivity index (χ2v) is 7.28. The number of aromatic amines is 1. The van der Waals surface area contributed by atoms with E-state index in [1.165, 1.54) is 16.5 Å². The molecule has 3 rings (SSSR count). The van der Waals surface area contributed by atoms with Crippen LogP contribution in [0.15, 0.2) is 35.5 Å². The van der Waals surface area contributed by atoms with Gasteiger partial charge in [0.1, 0.15) is 0 Å². The number of nitrogens with zero attached hydrogens (tertiary/aromatic N) is 1. The van der Waals surface area contributed by atoms with Gasteiger partial charge in [0, 0.05) is 63.2 Å². The number of guanidine groups is 1. The molecule has 0 radical (unpaired) electrons. The van der Waals surface area contributed by atoms with Crippen molar-refractivity contribution < 1.29 is 9.47 Å². The molecule has 1 aromatic carbocycles. The fourth-order valence-corrected chi connectivity index (χ4v) is 3.52. The van der Waals surface area contributed by atoms with E-state index in [0.717, 1.165) is 77.7 Å². The van der Waals surface area contributed by atoms with Crippen LogP contribution in [0.1, 0.15) is 31.7 Å². The summed E-state index contributed by atoms with van der Waals surface area (Å²) in [5.74, 6) is 1.55. The number of hydrogen-bond acceptors (Lipinski definition) is 3. The molecule has 0 saturated carbocycles. The molecule has 3 N–H and O–H groups in total. The van der Waals surface area contributed by atoms with Gasteiger partial charge in [-0.1, -0.05) is 18.2 Å². The van der Waals surface area contributed by atoms with Gasteiger partial charge >= 0.3 is 0 Å². The van der Waals surface area contributed by atoms with Crippen molar-refractivity contribution in [2.75, 3.05) is 46.1 Å². The number of rotatable bonds is 10. The lowest BCUT2D eigenvalue weighted by atomic mass is 10.0. The summed E-state index contributed by atoms with van der Waals surface area (Å²) >= 11 is 0. The molecule has 1 fully saturated rings. The summed E-state index contributed by atoms with van der Waals surface area (Å²) in [4.78, 5) is 8.00. The molecule has 1 saturated heterocycles. The molecule has 0 amide bonds. The van der Waals surface area contributed by atoms with Gasteiger partial charge < -0.3 is 25.1 Å². The Bertz CT molecular complexity index is 722. The van der Waals surface area contributed by atoms with Crippen LogP contribution in [0.4, 0.5) is 0 Å². The van der Waals surface area contributed by atoms with Gasteiger partial charge in [0.25, 0.3) is 0 Å². The first-order valence-electron chi connectivity index (χ1n) is 10.6. The second kappa shape index (κ2) is 11.7. The van der Waals surface area contributed by atoms with Gasteiger partial charge in [0.15, 0.2) is 5.96 Å². The highest BCUT2D eigenvalue weighted by Gasteiger charge is 2.13. The zero-order valence-corrected chi connectivity index (χ0v) is 17.0. The maximum atomic E-state index is 5.82. The molecule has 0 unspecified atom stereocenters. The standard InChI is InChI=1S/C22H34N4O2/c1-2-23-22(24-11-5-13-28-17-18-9-14-27-15-10-18)25-12-8-19-16-26-21-7-4-3-6-20(19)21/h3-4,6-7,16,18,26H,2,5,8-15,17H2,1H3,(H2,23,24,25). The Morgan fingerprint density at radius 2 is 2.11 bits per heavy atom. The lowest BCUT2D eigenvalue weighted by Crippen LogP contribution is -2.38. The maximum Gasteiger partial charge on any atom is 0.191 e. The minimum atomic E-state index is 0.667. The number of aliphatic imine (C=N–C) groups is 1. The Kier molecular flexibility index (Phi) is 8.65. The first-order valence-corrected chi connectivity index (χ1v) is 10.6. The molecule has 0 atom stereocenters. The summed E-state index contributed by atoms with van der Waals surface area (Å²) in [6, 6.07) is 8.43. The molecule has 1 aliphatic rings. The van der Waals surface area contributed by atoms with Crippen LogP contribution in [-0.2, 0) is 15.9 Å².